The summed E-state index contributed by atoms with van der Waals surface area (Å²) >= 11 is 0. The molecule has 0 unspecified atom stereocenters. The molecule has 0 bridgehead atoms. The summed E-state index contributed by atoms with van der Waals surface area (Å²) in [5.74, 6) is -0.184. The number of rotatable bonds is 9. The average molecular weight is 424 g/mol. The fraction of sp³-hybridized carbons (Fsp3) is 0.440. The Balaban J connectivity index is 1.26. The Labute approximate surface area is 183 Å². The summed E-state index contributed by atoms with van der Waals surface area (Å²) in [6, 6.07) is 14.0. The Morgan fingerprint density at radius 1 is 1.10 bits per heavy atom. The van der Waals surface area contributed by atoms with E-state index in [1.807, 2.05) is 0 Å². The molecule has 0 radical (unpaired) electrons. The number of nitrogens with one attached hydrogen (secondary N) is 2. The van der Waals surface area contributed by atoms with Gasteiger partial charge in [-0.15, -0.1) is 0 Å². The molecule has 2 aliphatic rings. The maximum atomic E-state index is 13.1. The molecule has 3 atom stereocenters. The molecule has 4 rings (SSSR count). The molecular weight excluding hydrogens is 393 g/mol. The van der Waals surface area contributed by atoms with Crippen LogP contribution in [0.3, 0.4) is 0 Å². The molecule has 1 saturated carbocycles. The Morgan fingerprint density at radius 3 is 2.45 bits per heavy atom. The average Bonchev–Trinajstić information content (AvgIpc) is 3.49. The van der Waals surface area contributed by atoms with E-state index in [0.717, 1.165) is 38.9 Å². The van der Waals surface area contributed by atoms with Crippen LogP contribution in [0.1, 0.15) is 53.1 Å². The maximum absolute atomic E-state index is 13.1. The lowest BCUT2D eigenvalue weighted by Crippen LogP contribution is -2.53. The second kappa shape index (κ2) is 9.60. The van der Waals surface area contributed by atoms with Crippen LogP contribution in [0.15, 0.2) is 48.5 Å². The van der Waals surface area contributed by atoms with Gasteiger partial charge in [-0.1, -0.05) is 29.8 Å². The van der Waals surface area contributed by atoms with Crippen LogP contribution in [0.4, 0.5) is 4.39 Å². The maximum Gasteiger partial charge on any atom is 0.251 e. The highest BCUT2D eigenvalue weighted by Gasteiger charge is 2.37. The van der Waals surface area contributed by atoms with Crippen LogP contribution >= 0.6 is 0 Å². The molecule has 2 aromatic carbocycles. The van der Waals surface area contributed by atoms with Gasteiger partial charge in [-0.2, -0.15) is 0 Å². The van der Waals surface area contributed by atoms with Gasteiger partial charge in [0.15, 0.2) is 0 Å². The third kappa shape index (κ3) is 5.50. The van der Waals surface area contributed by atoms with E-state index in [1.54, 1.807) is 4.90 Å². The van der Waals surface area contributed by atoms with Gasteiger partial charge < -0.3 is 15.5 Å². The second-order valence-electron chi connectivity index (χ2n) is 8.67. The van der Waals surface area contributed by atoms with Gasteiger partial charge in [-0.05, 0) is 69.0 Å². The fourth-order valence-corrected chi connectivity index (χ4v) is 4.05. The quantitative estimate of drug-likeness (QED) is 0.608. The van der Waals surface area contributed by atoms with Gasteiger partial charge in [0, 0.05) is 30.6 Å². The largest absolute Gasteiger partial charge is 0.341 e. The molecular formula is C25H30FN3O2. The van der Waals surface area contributed by atoms with Crippen LogP contribution in [0.2, 0.25) is 0 Å². The van der Waals surface area contributed by atoms with E-state index in [1.165, 1.54) is 35.4 Å². The monoisotopic (exact) mass is 423 g/mol. The summed E-state index contributed by atoms with van der Waals surface area (Å²) in [5.41, 5.74) is 3.01. The lowest BCUT2D eigenvalue weighted by molar-refractivity contribution is -0.136. The number of benzene rings is 2. The number of hydrogen-bond donors (Lipinski definition) is 2. The van der Waals surface area contributed by atoms with Crippen molar-refractivity contribution in [1.82, 2.24) is 15.5 Å². The zero-order valence-corrected chi connectivity index (χ0v) is 17.9. The van der Waals surface area contributed by atoms with E-state index in [9.17, 15) is 14.0 Å². The van der Waals surface area contributed by atoms with Crippen molar-refractivity contribution in [2.75, 3.05) is 19.6 Å². The minimum Gasteiger partial charge on any atom is -0.341 e. The van der Waals surface area contributed by atoms with E-state index in [0.29, 0.717) is 23.9 Å². The number of likely N-dealkylation sites (tertiary alicyclic amines) is 1. The summed E-state index contributed by atoms with van der Waals surface area (Å²) < 4.78 is 13.1. The predicted molar refractivity (Wildman–Crippen MR) is 118 cm³/mol. The van der Waals surface area contributed by atoms with Crippen LogP contribution in [0.5, 0.6) is 0 Å². The lowest BCUT2D eigenvalue weighted by atomic mass is 10.1. The van der Waals surface area contributed by atoms with Gasteiger partial charge in [0.1, 0.15) is 11.9 Å². The van der Waals surface area contributed by atoms with Crippen LogP contribution in [0.25, 0.3) is 0 Å². The Morgan fingerprint density at radius 2 is 1.81 bits per heavy atom. The minimum atomic E-state index is -0.549. The highest BCUT2D eigenvalue weighted by molar-refractivity contribution is 5.97. The lowest BCUT2D eigenvalue weighted by Gasteiger charge is -2.34. The summed E-state index contributed by atoms with van der Waals surface area (Å²) in [6.45, 7) is 4.41. The molecule has 1 aliphatic carbocycles. The van der Waals surface area contributed by atoms with Crippen molar-refractivity contribution < 1.29 is 14.0 Å². The number of carbonyl (C=O) groups is 2. The van der Waals surface area contributed by atoms with Gasteiger partial charge in [0.25, 0.3) is 5.91 Å². The third-order valence-electron chi connectivity index (χ3n) is 6.25. The number of amides is 2. The van der Waals surface area contributed by atoms with Crippen molar-refractivity contribution in [3.63, 3.8) is 0 Å². The summed E-state index contributed by atoms with van der Waals surface area (Å²) in [5, 5.41) is 6.45. The zero-order valence-electron chi connectivity index (χ0n) is 17.9. The number of hydrogen-bond acceptors (Lipinski definition) is 3. The molecule has 2 amide bonds. The molecule has 2 N–H and O–H groups in total. The highest BCUT2D eigenvalue weighted by atomic mass is 19.1. The van der Waals surface area contributed by atoms with Gasteiger partial charge in [-0.25, -0.2) is 4.39 Å². The first-order chi connectivity index (χ1) is 15.0. The molecule has 31 heavy (non-hydrogen) atoms. The van der Waals surface area contributed by atoms with Crippen molar-refractivity contribution in [2.24, 2.45) is 0 Å². The van der Waals surface area contributed by atoms with Crippen LogP contribution in [-0.2, 0) is 4.79 Å². The molecule has 1 heterocycles. The Hall–Kier alpha value is -2.73. The van der Waals surface area contributed by atoms with Crippen molar-refractivity contribution in [3.8, 4) is 0 Å². The molecule has 0 aromatic heterocycles. The van der Waals surface area contributed by atoms with Crippen molar-refractivity contribution in [1.29, 1.82) is 0 Å². The molecule has 1 saturated heterocycles. The Kier molecular flexibility index (Phi) is 6.66. The van der Waals surface area contributed by atoms with Gasteiger partial charge in [0.2, 0.25) is 5.91 Å². The van der Waals surface area contributed by atoms with Crippen molar-refractivity contribution in [3.05, 3.63) is 71.0 Å². The predicted octanol–water partition coefficient (Wildman–Crippen LogP) is 3.39. The summed E-state index contributed by atoms with van der Waals surface area (Å²) in [7, 11) is 0. The molecule has 0 spiro atoms. The molecule has 5 nitrogen and oxygen atoms in total. The first-order valence-corrected chi connectivity index (χ1v) is 11.2. The van der Waals surface area contributed by atoms with Crippen LogP contribution < -0.4 is 10.6 Å². The van der Waals surface area contributed by atoms with Crippen molar-refractivity contribution in [2.45, 2.75) is 50.6 Å². The Bertz CT molecular complexity index is 909. The highest BCUT2D eigenvalue weighted by Crippen LogP contribution is 2.40. The van der Waals surface area contributed by atoms with E-state index >= 15 is 0 Å². The first kappa shape index (κ1) is 21.5. The van der Waals surface area contributed by atoms with Crippen LogP contribution in [-0.4, -0.2) is 48.4 Å². The first-order valence-electron chi connectivity index (χ1n) is 11.2. The van der Waals surface area contributed by atoms with E-state index in [2.05, 4.69) is 41.8 Å². The van der Waals surface area contributed by atoms with Crippen LogP contribution in [0, 0.1) is 12.7 Å². The number of aryl methyl sites for hydroxylation is 1. The molecule has 2 aromatic rings. The van der Waals surface area contributed by atoms with Gasteiger partial charge in [0.05, 0.1) is 0 Å². The van der Waals surface area contributed by atoms with E-state index in [4.69, 9.17) is 0 Å². The topological polar surface area (TPSA) is 61.4 Å². The normalized spacial score (nSPS) is 20.6. The fourth-order valence-electron chi connectivity index (χ4n) is 4.05. The standard InChI is InChI=1S/C25H30FN3O2/c1-17-5-7-18(8-6-17)21-16-23(21)27-13-2-4-22(25(31)29-14-3-15-29)28-24(30)19-9-11-20(26)12-10-19/h5-12,21-23,27H,2-4,13-16H2,1H3,(H,28,30)/t21-,22-,23+/m0/s1. The van der Waals surface area contributed by atoms with E-state index < -0.39 is 6.04 Å². The van der Waals surface area contributed by atoms with Crippen molar-refractivity contribution >= 4 is 11.8 Å². The third-order valence-corrected chi connectivity index (χ3v) is 6.25. The molecule has 2 fully saturated rings. The molecule has 164 valence electrons. The summed E-state index contributed by atoms with van der Waals surface area (Å²) in [4.78, 5) is 27.1. The number of halogens is 1. The minimum absolute atomic E-state index is 0.0225. The van der Waals surface area contributed by atoms with Gasteiger partial charge >= 0.3 is 0 Å². The zero-order chi connectivity index (χ0) is 21.8. The summed E-state index contributed by atoms with van der Waals surface area (Å²) in [6.07, 6.45) is 3.52. The van der Waals surface area contributed by atoms with Gasteiger partial charge in [-0.3, -0.25) is 9.59 Å². The second-order valence-corrected chi connectivity index (χ2v) is 8.67. The molecule has 1 aliphatic heterocycles. The number of carbonyl (C=O) groups excluding carboxylic acids is 2. The van der Waals surface area contributed by atoms with E-state index in [-0.39, 0.29) is 17.6 Å². The number of nitrogens with zero attached hydrogens (tertiary/aromatic N) is 1. The smallest absolute Gasteiger partial charge is 0.251 e. The SMILES string of the molecule is Cc1ccc([C@@H]2C[C@H]2NCCC[C@H](NC(=O)c2ccc(F)cc2)C(=O)N2CCC2)cc1. The molecule has 6 heteroatoms.